The van der Waals surface area contributed by atoms with Gasteiger partial charge in [0, 0.05) is 19.8 Å². The monoisotopic (exact) mass is 320 g/mol. The maximum Gasteiger partial charge on any atom is 0.247 e. The Hall–Kier alpha value is -2.19. The van der Waals surface area contributed by atoms with Crippen molar-refractivity contribution in [1.29, 1.82) is 0 Å². The number of hydrogen-bond donors (Lipinski definition) is 1. The van der Waals surface area contributed by atoms with E-state index in [1.54, 1.807) is 19.2 Å². The summed E-state index contributed by atoms with van der Waals surface area (Å²) in [4.78, 5) is 12.0. The van der Waals surface area contributed by atoms with Crippen LogP contribution in [0.15, 0.2) is 41.6 Å². The molecule has 1 amide bonds. The second-order valence-electron chi connectivity index (χ2n) is 5.22. The molecule has 1 aromatic heterocycles. The zero-order chi connectivity index (χ0) is 15.9. The summed E-state index contributed by atoms with van der Waals surface area (Å²) >= 11 is 0. The van der Waals surface area contributed by atoms with Gasteiger partial charge in [0.25, 0.3) is 0 Å². The van der Waals surface area contributed by atoms with E-state index in [1.807, 2.05) is 12.1 Å². The molecule has 1 aliphatic rings. The van der Waals surface area contributed by atoms with Crippen LogP contribution in [0, 0.1) is 0 Å². The van der Waals surface area contributed by atoms with E-state index in [9.17, 15) is 13.2 Å². The number of rotatable bonds is 3. The van der Waals surface area contributed by atoms with Gasteiger partial charge in [0.05, 0.1) is 6.20 Å². The van der Waals surface area contributed by atoms with E-state index >= 15 is 0 Å². The van der Waals surface area contributed by atoms with Crippen molar-refractivity contribution in [2.75, 3.05) is 6.54 Å². The van der Waals surface area contributed by atoms with Crippen molar-refractivity contribution >= 4 is 15.9 Å². The second-order valence-corrected chi connectivity index (χ2v) is 7.11. The lowest BCUT2D eigenvalue weighted by Gasteiger charge is -2.34. The molecule has 0 saturated heterocycles. The van der Waals surface area contributed by atoms with Gasteiger partial charge in [0.1, 0.15) is 10.9 Å². The smallest absolute Gasteiger partial charge is 0.247 e. The first-order valence-electron chi connectivity index (χ1n) is 6.79. The number of nitrogens with zero attached hydrogens (tertiary/aromatic N) is 3. The van der Waals surface area contributed by atoms with Crippen LogP contribution < -0.4 is 5.73 Å². The predicted molar refractivity (Wildman–Crippen MR) is 79.2 cm³/mol. The molecule has 0 bridgehead atoms. The molecule has 2 N–H and O–H groups in total. The fraction of sp³-hybridized carbons (Fsp3) is 0.286. The van der Waals surface area contributed by atoms with Crippen LogP contribution in [0.3, 0.4) is 0 Å². The van der Waals surface area contributed by atoms with Crippen LogP contribution in [-0.4, -0.2) is 35.0 Å². The summed E-state index contributed by atoms with van der Waals surface area (Å²) in [7, 11) is -2.19. The molecule has 116 valence electrons. The van der Waals surface area contributed by atoms with Gasteiger partial charge in [-0.1, -0.05) is 24.3 Å². The molecule has 1 aromatic carbocycles. The molecule has 8 heteroatoms. The average Bonchev–Trinajstić information content (AvgIpc) is 2.93. The predicted octanol–water partition coefficient (Wildman–Crippen LogP) is 0.193. The normalized spacial score (nSPS) is 18.9. The summed E-state index contributed by atoms with van der Waals surface area (Å²) < 4.78 is 28.1. The number of nitrogens with two attached hydrogens (primary N) is 1. The summed E-state index contributed by atoms with van der Waals surface area (Å²) in [6, 6.07) is 6.28. The van der Waals surface area contributed by atoms with Gasteiger partial charge in [-0.25, -0.2) is 8.42 Å². The highest BCUT2D eigenvalue weighted by Crippen LogP contribution is 2.33. The summed E-state index contributed by atoms with van der Waals surface area (Å²) in [5.74, 6) is -0.681. The highest BCUT2D eigenvalue weighted by molar-refractivity contribution is 7.89. The van der Waals surface area contributed by atoms with Crippen LogP contribution in [0.5, 0.6) is 0 Å². The topological polar surface area (TPSA) is 98.3 Å². The van der Waals surface area contributed by atoms with Gasteiger partial charge >= 0.3 is 0 Å². The molecular weight excluding hydrogens is 304 g/mol. The lowest BCUT2D eigenvalue weighted by molar-refractivity contribution is -0.122. The van der Waals surface area contributed by atoms with Crippen molar-refractivity contribution in [2.24, 2.45) is 12.8 Å². The Labute approximate surface area is 128 Å². The molecule has 0 spiro atoms. The van der Waals surface area contributed by atoms with Gasteiger partial charge in [0.15, 0.2) is 0 Å². The van der Waals surface area contributed by atoms with Gasteiger partial charge < -0.3 is 5.73 Å². The van der Waals surface area contributed by atoms with Crippen molar-refractivity contribution in [3.63, 3.8) is 0 Å². The van der Waals surface area contributed by atoms with Gasteiger partial charge in [-0.15, -0.1) is 0 Å². The number of primary amides is 1. The minimum absolute atomic E-state index is 0.0561. The highest BCUT2D eigenvalue weighted by Gasteiger charge is 2.39. The third-order valence-electron chi connectivity index (χ3n) is 3.80. The lowest BCUT2D eigenvalue weighted by Crippen LogP contribution is -2.45. The van der Waals surface area contributed by atoms with Crippen LogP contribution in [0.25, 0.3) is 0 Å². The molecule has 22 heavy (non-hydrogen) atoms. The zero-order valence-corrected chi connectivity index (χ0v) is 12.8. The Balaban J connectivity index is 2.09. The first-order chi connectivity index (χ1) is 10.4. The van der Waals surface area contributed by atoms with Crippen molar-refractivity contribution < 1.29 is 13.2 Å². The van der Waals surface area contributed by atoms with Gasteiger partial charge in [-0.3, -0.25) is 9.48 Å². The summed E-state index contributed by atoms with van der Waals surface area (Å²) in [5.41, 5.74) is 7.08. The Morgan fingerprint density at radius 3 is 2.73 bits per heavy atom. The number of sulfonamides is 1. The molecule has 7 nitrogen and oxygen atoms in total. The van der Waals surface area contributed by atoms with Crippen LogP contribution in [0.2, 0.25) is 0 Å². The fourth-order valence-corrected chi connectivity index (χ4v) is 4.33. The van der Waals surface area contributed by atoms with Crippen molar-refractivity contribution in [1.82, 2.24) is 14.1 Å². The zero-order valence-electron chi connectivity index (χ0n) is 12.0. The Kier molecular flexibility index (Phi) is 3.50. The minimum Gasteiger partial charge on any atom is -0.368 e. The molecule has 3 rings (SSSR count). The van der Waals surface area contributed by atoms with E-state index in [1.165, 1.54) is 17.1 Å². The number of aryl methyl sites for hydroxylation is 1. The fourth-order valence-electron chi connectivity index (χ4n) is 2.77. The van der Waals surface area contributed by atoms with Crippen LogP contribution in [0.4, 0.5) is 0 Å². The Morgan fingerprint density at radius 2 is 2.09 bits per heavy atom. The van der Waals surface area contributed by atoms with E-state index in [0.717, 1.165) is 9.87 Å². The van der Waals surface area contributed by atoms with E-state index in [2.05, 4.69) is 5.10 Å². The highest BCUT2D eigenvalue weighted by atomic mass is 32.2. The maximum absolute atomic E-state index is 12.8. The molecule has 0 aliphatic carbocycles. The molecule has 1 atom stereocenters. The number of carbonyl (C=O) groups is 1. The lowest BCUT2D eigenvalue weighted by atomic mass is 9.94. The van der Waals surface area contributed by atoms with Crippen LogP contribution in [-0.2, 0) is 28.3 Å². The Bertz CT molecular complexity index is 828. The van der Waals surface area contributed by atoms with Gasteiger partial charge in [-0.05, 0) is 17.5 Å². The minimum atomic E-state index is -3.83. The number of benzene rings is 1. The van der Waals surface area contributed by atoms with Gasteiger partial charge in [-0.2, -0.15) is 9.40 Å². The van der Waals surface area contributed by atoms with E-state index in [0.29, 0.717) is 12.0 Å². The number of aromatic nitrogens is 2. The van der Waals surface area contributed by atoms with Crippen molar-refractivity contribution in [3.05, 3.63) is 47.8 Å². The molecular formula is C14H16N4O3S. The number of carbonyl (C=O) groups excluding carboxylic acids is 1. The molecule has 0 saturated carbocycles. The average molecular weight is 320 g/mol. The molecule has 0 unspecified atom stereocenters. The number of fused-ring (bicyclic) bond motifs is 1. The molecule has 2 aromatic rings. The quantitative estimate of drug-likeness (QED) is 0.873. The van der Waals surface area contributed by atoms with Crippen molar-refractivity contribution in [3.8, 4) is 0 Å². The van der Waals surface area contributed by atoms with E-state index in [4.69, 9.17) is 5.73 Å². The maximum atomic E-state index is 12.8. The molecule has 0 fully saturated rings. The molecule has 1 aliphatic heterocycles. The number of hydrogen-bond acceptors (Lipinski definition) is 4. The molecule has 0 radical (unpaired) electrons. The standard InChI is InChI=1S/C14H16N4O3S/c1-17-9-11(8-16-17)22(20,21)18-7-6-10-4-2-3-5-12(10)13(18)14(15)19/h2-5,8-9,13H,6-7H2,1H3,(H2,15,19)/t13-/m0/s1. The first-order valence-corrected chi connectivity index (χ1v) is 8.23. The first kappa shape index (κ1) is 14.7. The summed E-state index contributed by atoms with van der Waals surface area (Å²) in [6.45, 7) is 0.210. The summed E-state index contributed by atoms with van der Waals surface area (Å²) in [6.07, 6.45) is 3.22. The number of amides is 1. The Morgan fingerprint density at radius 1 is 1.36 bits per heavy atom. The van der Waals surface area contributed by atoms with E-state index < -0.39 is 22.0 Å². The third kappa shape index (κ3) is 2.30. The second kappa shape index (κ2) is 5.22. The van der Waals surface area contributed by atoms with E-state index in [-0.39, 0.29) is 11.4 Å². The third-order valence-corrected chi connectivity index (χ3v) is 5.61. The van der Waals surface area contributed by atoms with Crippen LogP contribution in [0.1, 0.15) is 17.2 Å². The summed E-state index contributed by atoms with van der Waals surface area (Å²) in [5, 5.41) is 3.89. The van der Waals surface area contributed by atoms with Crippen molar-refractivity contribution in [2.45, 2.75) is 17.4 Å². The molecule has 2 heterocycles. The van der Waals surface area contributed by atoms with Crippen LogP contribution >= 0.6 is 0 Å². The largest absolute Gasteiger partial charge is 0.368 e. The SMILES string of the molecule is Cn1cc(S(=O)(=O)N2CCc3ccccc3[C@H]2C(N)=O)cn1. The van der Waals surface area contributed by atoms with Gasteiger partial charge in [0.2, 0.25) is 15.9 Å².